The third-order valence-electron chi connectivity index (χ3n) is 1.25. The van der Waals surface area contributed by atoms with Gasteiger partial charge in [0.2, 0.25) is 0 Å². The summed E-state index contributed by atoms with van der Waals surface area (Å²) in [6, 6.07) is -0.0324. The van der Waals surface area contributed by atoms with Crippen LogP contribution in [0.3, 0.4) is 0 Å². The Labute approximate surface area is 55.8 Å². The normalized spacial score (nSPS) is 13.2. The molecule has 3 nitrogen and oxygen atoms in total. The molecule has 54 valence electrons. The Morgan fingerprint density at radius 3 is 2.22 bits per heavy atom. The quantitative estimate of drug-likeness (QED) is 0.533. The fourth-order valence-electron chi connectivity index (χ4n) is 0.653. The zero-order valence-electron chi connectivity index (χ0n) is 6.19. The van der Waals surface area contributed by atoms with Gasteiger partial charge in [-0.3, -0.25) is 4.79 Å². The summed E-state index contributed by atoms with van der Waals surface area (Å²) in [6.45, 7) is 2.28. The molecule has 0 radical (unpaired) electrons. The van der Waals surface area contributed by atoms with E-state index in [4.69, 9.17) is 0 Å². The van der Waals surface area contributed by atoms with Crippen LogP contribution in [0.4, 0.5) is 0 Å². The van der Waals surface area contributed by atoms with E-state index in [1.54, 1.807) is 14.0 Å². The Bertz CT molecular complexity index is 93.1. The van der Waals surface area contributed by atoms with E-state index in [2.05, 4.69) is 10.6 Å². The van der Waals surface area contributed by atoms with Crippen LogP contribution in [0.1, 0.15) is 6.92 Å². The third-order valence-corrected chi connectivity index (χ3v) is 1.25. The highest BCUT2D eigenvalue weighted by Crippen LogP contribution is 1.80. The highest BCUT2D eigenvalue weighted by Gasteiger charge is 2.07. The van der Waals surface area contributed by atoms with Crippen molar-refractivity contribution in [1.29, 1.82) is 0 Å². The van der Waals surface area contributed by atoms with E-state index in [1.807, 2.05) is 7.05 Å². The molecule has 0 saturated heterocycles. The number of hydrogen-bond acceptors (Lipinski definition) is 3. The number of rotatable bonds is 4. The first kappa shape index (κ1) is 8.59. The van der Waals surface area contributed by atoms with Crippen molar-refractivity contribution in [2.75, 3.05) is 20.6 Å². The predicted molar refractivity (Wildman–Crippen MR) is 37.5 cm³/mol. The summed E-state index contributed by atoms with van der Waals surface area (Å²) < 4.78 is 0. The molecule has 0 bridgehead atoms. The van der Waals surface area contributed by atoms with E-state index < -0.39 is 0 Å². The Morgan fingerprint density at radius 2 is 2.11 bits per heavy atom. The number of nitrogens with one attached hydrogen (secondary N) is 2. The highest BCUT2D eigenvalue weighted by molar-refractivity contribution is 5.81. The number of hydrogen-bond donors (Lipinski definition) is 2. The van der Waals surface area contributed by atoms with E-state index in [0.717, 1.165) is 0 Å². The molecule has 0 heterocycles. The maximum Gasteiger partial charge on any atom is 0.147 e. The average molecular weight is 130 g/mol. The van der Waals surface area contributed by atoms with Gasteiger partial charge in [-0.05, 0) is 21.0 Å². The van der Waals surface area contributed by atoms with Crippen molar-refractivity contribution in [3.8, 4) is 0 Å². The van der Waals surface area contributed by atoms with Crippen molar-refractivity contribution >= 4 is 5.78 Å². The molecule has 0 rings (SSSR count). The first-order valence-electron chi connectivity index (χ1n) is 3.04. The summed E-state index contributed by atoms with van der Waals surface area (Å²) in [5.41, 5.74) is 0. The number of ketones is 1. The van der Waals surface area contributed by atoms with Gasteiger partial charge in [0.15, 0.2) is 0 Å². The Morgan fingerprint density at radius 1 is 1.56 bits per heavy atom. The monoisotopic (exact) mass is 130 g/mol. The van der Waals surface area contributed by atoms with Crippen molar-refractivity contribution in [2.24, 2.45) is 0 Å². The molecule has 0 fully saturated rings. The van der Waals surface area contributed by atoms with Crippen LogP contribution in [0.15, 0.2) is 0 Å². The van der Waals surface area contributed by atoms with Crippen LogP contribution in [-0.2, 0) is 4.79 Å². The average Bonchev–Trinajstić information content (AvgIpc) is 1.82. The molecule has 0 aromatic heterocycles. The molecule has 0 aliphatic heterocycles. The first-order valence-corrected chi connectivity index (χ1v) is 3.04. The minimum Gasteiger partial charge on any atom is -0.318 e. The highest BCUT2D eigenvalue weighted by atomic mass is 16.1. The maximum absolute atomic E-state index is 10.7. The van der Waals surface area contributed by atoms with Gasteiger partial charge in [0.25, 0.3) is 0 Å². The molecule has 0 aromatic rings. The lowest BCUT2D eigenvalue weighted by Crippen LogP contribution is -2.40. The van der Waals surface area contributed by atoms with E-state index in [1.165, 1.54) is 0 Å². The Hall–Kier alpha value is -0.410. The van der Waals surface area contributed by atoms with Crippen LogP contribution >= 0.6 is 0 Å². The maximum atomic E-state index is 10.7. The summed E-state index contributed by atoms with van der Waals surface area (Å²) in [7, 11) is 3.61. The van der Waals surface area contributed by atoms with E-state index >= 15 is 0 Å². The minimum atomic E-state index is -0.0324. The molecule has 0 amide bonds. The van der Waals surface area contributed by atoms with Gasteiger partial charge in [-0.2, -0.15) is 0 Å². The van der Waals surface area contributed by atoms with Gasteiger partial charge in [0.1, 0.15) is 5.78 Å². The van der Waals surface area contributed by atoms with Crippen molar-refractivity contribution < 1.29 is 4.79 Å². The van der Waals surface area contributed by atoms with Gasteiger partial charge in [-0.25, -0.2) is 0 Å². The van der Waals surface area contributed by atoms with Crippen molar-refractivity contribution in [2.45, 2.75) is 13.0 Å². The predicted octanol–water partition coefficient (Wildman–Crippen LogP) is -0.617. The zero-order chi connectivity index (χ0) is 7.28. The Balaban J connectivity index is 3.54. The first-order chi connectivity index (χ1) is 4.22. The van der Waals surface area contributed by atoms with Gasteiger partial charge >= 0.3 is 0 Å². The minimum absolute atomic E-state index is 0.0324. The molecule has 0 saturated carbocycles. The van der Waals surface area contributed by atoms with Crippen LogP contribution in [0, 0.1) is 0 Å². The van der Waals surface area contributed by atoms with Gasteiger partial charge in [0, 0.05) is 6.54 Å². The second-order valence-electron chi connectivity index (χ2n) is 2.01. The summed E-state index contributed by atoms with van der Waals surface area (Å²) in [6.07, 6.45) is 0. The standard InChI is InChI=1S/C6H14N2O/c1-5(9)6(8-3)4-7-2/h6-8H,4H2,1-3H3/t6-/m1/s1. The lowest BCUT2D eigenvalue weighted by atomic mass is 10.2. The number of carbonyl (C=O) groups is 1. The zero-order valence-corrected chi connectivity index (χ0v) is 6.19. The summed E-state index contributed by atoms with van der Waals surface area (Å²) in [4.78, 5) is 10.7. The summed E-state index contributed by atoms with van der Waals surface area (Å²) in [5, 5.41) is 5.81. The van der Waals surface area contributed by atoms with Gasteiger partial charge in [-0.15, -0.1) is 0 Å². The lowest BCUT2D eigenvalue weighted by molar-refractivity contribution is -0.118. The number of likely N-dealkylation sites (N-methyl/N-ethyl adjacent to an activating group) is 2. The topological polar surface area (TPSA) is 41.1 Å². The Kier molecular flexibility index (Phi) is 4.26. The van der Waals surface area contributed by atoms with E-state index in [-0.39, 0.29) is 11.8 Å². The third kappa shape index (κ3) is 3.21. The smallest absolute Gasteiger partial charge is 0.147 e. The fraction of sp³-hybridized carbons (Fsp3) is 0.833. The molecular formula is C6H14N2O. The summed E-state index contributed by atoms with van der Waals surface area (Å²) >= 11 is 0. The van der Waals surface area contributed by atoms with Crippen molar-refractivity contribution in [3.63, 3.8) is 0 Å². The fourth-order valence-corrected chi connectivity index (χ4v) is 0.653. The van der Waals surface area contributed by atoms with Gasteiger partial charge in [0.05, 0.1) is 6.04 Å². The molecule has 0 unspecified atom stereocenters. The van der Waals surface area contributed by atoms with Crippen LogP contribution in [0.25, 0.3) is 0 Å². The van der Waals surface area contributed by atoms with E-state index in [9.17, 15) is 4.79 Å². The van der Waals surface area contributed by atoms with Crippen LogP contribution in [-0.4, -0.2) is 32.5 Å². The van der Waals surface area contributed by atoms with Crippen LogP contribution < -0.4 is 10.6 Å². The molecule has 0 aliphatic rings. The van der Waals surface area contributed by atoms with Crippen LogP contribution in [0.5, 0.6) is 0 Å². The lowest BCUT2D eigenvalue weighted by Gasteiger charge is -2.10. The SMILES string of the molecule is CNC[C@@H](NC)C(C)=O. The molecule has 1 atom stereocenters. The second kappa shape index (κ2) is 4.47. The molecule has 3 heteroatoms. The molecule has 2 N–H and O–H groups in total. The van der Waals surface area contributed by atoms with Crippen molar-refractivity contribution in [3.05, 3.63) is 0 Å². The van der Waals surface area contributed by atoms with Gasteiger partial charge in [-0.1, -0.05) is 0 Å². The van der Waals surface area contributed by atoms with E-state index in [0.29, 0.717) is 6.54 Å². The molecule has 0 aromatic carbocycles. The number of carbonyl (C=O) groups excluding carboxylic acids is 1. The molecule has 0 spiro atoms. The number of Topliss-reactive ketones (excluding diaryl/α,β-unsaturated/α-hetero) is 1. The summed E-state index contributed by atoms with van der Waals surface area (Å²) in [5.74, 6) is 0.173. The van der Waals surface area contributed by atoms with Crippen LogP contribution in [0.2, 0.25) is 0 Å². The largest absolute Gasteiger partial charge is 0.318 e. The second-order valence-corrected chi connectivity index (χ2v) is 2.01. The molecule has 9 heavy (non-hydrogen) atoms. The molecule has 0 aliphatic carbocycles. The van der Waals surface area contributed by atoms with Gasteiger partial charge < -0.3 is 10.6 Å². The van der Waals surface area contributed by atoms with Crippen molar-refractivity contribution in [1.82, 2.24) is 10.6 Å². The molecular weight excluding hydrogens is 116 g/mol.